The van der Waals surface area contributed by atoms with Crippen LogP contribution in [0.1, 0.15) is 43.1 Å². The SMILES string of the molecule is Cc1cc(Br)cc(C(=O)O)c1OC(C)CC(C)C. The fraction of sp³-hybridized carbons (Fsp3) is 0.500. The number of carboxylic acids is 1. The number of aryl methyl sites for hydroxylation is 1. The monoisotopic (exact) mass is 314 g/mol. The summed E-state index contributed by atoms with van der Waals surface area (Å²) in [5.74, 6) is 0.0222. The Labute approximate surface area is 116 Å². The molecular weight excluding hydrogens is 296 g/mol. The number of halogens is 1. The summed E-state index contributed by atoms with van der Waals surface area (Å²) in [6, 6.07) is 3.44. The van der Waals surface area contributed by atoms with Crippen LogP contribution >= 0.6 is 15.9 Å². The number of aromatic carboxylic acids is 1. The van der Waals surface area contributed by atoms with Crippen molar-refractivity contribution in [3.63, 3.8) is 0 Å². The largest absolute Gasteiger partial charge is 0.490 e. The number of hydrogen-bond donors (Lipinski definition) is 1. The Morgan fingerprint density at radius 2 is 2.00 bits per heavy atom. The molecule has 1 rings (SSSR count). The number of carbonyl (C=O) groups is 1. The van der Waals surface area contributed by atoms with Crippen LogP contribution in [0.25, 0.3) is 0 Å². The van der Waals surface area contributed by atoms with Crippen LogP contribution in [0.3, 0.4) is 0 Å². The molecule has 0 spiro atoms. The molecule has 0 aliphatic rings. The van der Waals surface area contributed by atoms with Crippen LogP contribution in [0, 0.1) is 12.8 Å². The maximum atomic E-state index is 11.2. The van der Waals surface area contributed by atoms with Crippen molar-refractivity contribution in [2.45, 2.75) is 40.2 Å². The van der Waals surface area contributed by atoms with E-state index in [2.05, 4.69) is 29.8 Å². The molecule has 0 fully saturated rings. The van der Waals surface area contributed by atoms with E-state index in [1.165, 1.54) is 0 Å². The van der Waals surface area contributed by atoms with Crippen LogP contribution < -0.4 is 4.74 Å². The Kier molecular flexibility index (Phi) is 5.20. The fourth-order valence-corrected chi connectivity index (χ4v) is 2.53. The summed E-state index contributed by atoms with van der Waals surface area (Å²) >= 11 is 3.30. The van der Waals surface area contributed by atoms with Gasteiger partial charge in [-0.1, -0.05) is 29.8 Å². The maximum absolute atomic E-state index is 11.2. The third kappa shape index (κ3) is 4.02. The highest BCUT2D eigenvalue weighted by atomic mass is 79.9. The third-order valence-electron chi connectivity index (χ3n) is 2.59. The number of rotatable bonds is 5. The molecule has 1 aromatic carbocycles. The van der Waals surface area contributed by atoms with Gasteiger partial charge in [-0.05, 0) is 43.9 Å². The van der Waals surface area contributed by atoms with E-state index in [9.17, 15) is 9.90 Å². The summed E-state index contributed by atoms with van der Waals surface area (Å²) in [5.41, 5.74) is 1.04. The summed E-state index contributed by atoms with van der Waals surface area (Å²) in [5, 5.41) is 9.21. The Morgan fingerprint density at radius 3 is 2.50 bits per heavy atom. The number of ether oxygens (including phenoxy) is 1. The molecular formula is C14H19BrO3. The van der Waals surface area contributed by atoms with E-state index in [1.54, 1.807) is 6.07 Å². The lowest BCUT2D eigenvalue weighted by Crippen LogP contribution is -2.17. The molecule has 0 aliphatic carbocycles. The molecule has 0 aliphatic heterocycles. The van der Waals surface area contributed by atoms with Gasteiger partial charge in [-0.3, -0.25) is 0 Å². The van der Waals surface area contributed by atoms with Gasteiger partial charge in [0.05, 0.1) is 6.10 Å². The smallest absolute Gasteiger partial charge is 0.339 e. The van der Waals surface area contributed by atoms with Crippen molar-refractivity contribution in [3.8, 4) is 5.75 Å². The molecule has 0 saturated carbocycles. The zero-order valence-electron chi connectivity index (χ0n) is 11.2. The molecule has 1 N–H and O–H groups in total. The minimum Gasteiger partial charge on any atom is -0.490 e. The van der Waals surface area contributed by atoms with Gasteiger partial charge in [0.25, 0.3) is 0 Å². The van der Waals surface area contributed by atoms with Gasteiger partial charge in [-0.15, -0.1) is 0 Å². The molecule has 0 aromatic heterocycles. The van der Waals surface area contributed by atoms with Gasteiger partial charge < -0.3 is 9.84 Å². The molecule has 0 amide bonds. The first kappa shape index (κ1) is 15.0. The molecule has 0 bridgehead atoms. The highest BCUT2D eigenvalue weighted by Crippen LogP contribution is 2.29. The summed E-state index contributed by atoms with van der Waals surface area (Å²) in [4.78, 5) is 11.2. The van der Waals surface area contributed by atoms with Crippen LogP contribution in [0.4, 0.5) is 0 Å². The molecule has 18 heavy (non-hydrogen) atoms. The van der Waals surface area contributed by atoms with E-state index >= 15 is 0 Å². The van der Waals surface area contributed by atoms with Crippen LogP contribution in [0.15, 0.2) is 16.6 Å². The predicted octanol–water partition coefficient (Wildman–Crippen LogP) is 4.27. The second-order valence-electron chi connectivity index (χ2n) is 4.96. The highest BCUT2D eigenvalue weighted by Gasteiger charge is 2.17. The first-order chi connectivity index (χ1) is 8.31. The van der Waals surface area contributed by atoms with Crippen LogP contribution in [0.2, 0.25) is 0 Å². The van der Waals surface area contributed by atoms with E-state index in [-0.39, 0.29) is 11.7 Å². The number of benzene rings is 1. The minimum absolute atomic E-state index is 0.00276. The molecule has 100 valence electrons. The molecule has 0 radical (unpaired) electrons. The standard InChI is InChI=1S/C14H19BrO3/c1-8(2)5-10(4)18-13-9(3)6-11(15)7-12(13)14(16)17/h6-8,10H,5H2,1-4H3,(H,16,17). The molecule has 1 atom stereocenters. The van der Waals surface area contributed by atoms with Crippen molar-refractivity contribution in [1.29, 1.82) is 0 Å². The van der Waals surface area contributed by atoms with Gasteiger partial charge in [0.1, 0.15) is 11.3 Å². The van der Waals surface area contributed by atoms with Gasteiger partial charge in [0.15, 0.2) is 0 Å². The van der Waals surface area contributed by atoms with E-state index in [0.717, 1.165) is 16.5 Å². The van der Waals surface area contributed by atoms with Crippen molar-refractivity contribution < 1.29 is 14.6 Å². The molecule has 1 unspecified atom stereocenters. The van der Waals surface area contributed by atoms with E-state index in [4.69, 9.17) is 4.74 Å². The average Bonchev–Trinajstić information content (AvgIpc) is 2.20. The van der Waals surface area contributed by atoms with Gasteiger partial charge >= 0.3 is 5.97 Å². The molecule has 1 aromatic rings. The first-order valence-corrected chi connectivity index (χ1v) is 6.80. The van der Waals surface area contributed by atoms with Crippen LogP contribution in [-0.4, -0.2) is 17.2 Å². The lowest BCUT2D eigenvalue weighted by atomic mass is 10.1. The fourth-order valence-electron chi connectivity index (χ4n) is 1.96. The Balaban J connectivity index is 3.03. The van der Waals surface area contributed by atoms with Gasteiger partial charge in [-0.25, -0.2) is 4.79 Å². The van der Waals surface area contributed by atoms with Crippen LogP contribution in [0.5, 0.6) is 5.75 Å². The average molecular weight is 315 g/mol. The number of hydrogen-bond acceptors (Lipinski definition) is 2. The zero-order chi connectivity index (χ0) is 13.9. The quantitative estimate of drug-likeness (QED) is 0.882. The topological polar surface area (TPSA) is 46.5 Å². The third-order valence-corrected chi connectivity index (χ3v) is 3.05. The lowest BCUT2D eigenvalue weighted by Gasteiger charge is -2.19. The molecule has 0 heterocycles. The molecule has 0 saturated heterocycles. The van der Waals surface area contributed by atoms with E-state index in [1.807, 2.05) is 19.9 Å². The summed E-state index contributed by atoms with van der Waals surface area (Å²) in [6.45, 7) is 8.06. The second kappa shape index (κ2) is 6.23. The van der Waals surface area contributed by atoms with Crippen molar-refractivity contribution in [2.75, 3.05) is 0 Å². The Morgan fingerprint density at radius 1 is 1.39 bits per heavy atom. The predicted molar refractivity (Wildman–Crippen MR) is 75.4 cm³/mol. The summed E-state index contributed by atoms with van der Waals surface area (Å²) in [6.07, 6.45) is 0.900. The van der Waals surface area contributed by atoms with Crippen molar-refractivity contribution in [1.82, 2.24) is 0 Å². The minimum atomic E-state index is -0.967. The van der Waals surface area contributed by atoms with Gasteiger partial charge in [0.2, 0.25) is 0 Å². The van der Waals surface area contributed by atoms with Gasteiger partial charge in [-0.2, -0.15) is 0 Å². The molecule has 3 nitrogen and oxygen atoms in total. The number of carboxylic acid groups (broad SMARTS) is 1. The normalized spacial score (nSPS) is 12.6. The van der Waals surface area contributed by atoms with Crippen LogP contribution in [-0.2, 0) is 0 Å². The lowest BCUT2D eigenvalue weighted by molar-refractivity contribution is 0.0688. The highest BCUT2D eigenvalue weighted by molar-refractivity contribution is 9.10. The Bertz CT molecular complexity index is 441. The summed E-state index contributed by atoms with van der Waals surface area (Å²) in [7, 11) is 0. The summed E-state index contributed by atoms with van der Waals surface area (Å²) < 4.78 is 6.55. The zero-order valence-corrected chi connectivity index (χ0v) is 12.7. The second-order valence-corrected chi connectivity index (χ2v) is 5.88. The molecule has 4 heteroatoms. The van der Waals surface area contributed by atoms with Crippen molar-refractivity contribution >= 4 is 21.9 Å². The van der Waals surface area contributed by atoms with Gasteiger partial charge in [0, 0.05) is 4.47 Å². The first-order valence-electron chi connectivity index (χ1n) is 6.01. The van der Waals surface area contributed by atoms with Crippen molar-refractivity contribution in [3.05, 3.63) is 27.7 Å². The Hall–Kier alpha value is -1.03. The maximum Gasteiger partial charge on any atom is 0.339 e. The van der Waals surface area contributed by atoms with E-state index < -0.39 is 5.97 Å². The van der Waals surface area contributed by atoms with Crippen molar-refractivity contribution in [2.24, 2.45) is 5.92 Å². The van der Waals surface area contributed by atoms with E-state index in [0.29, 0.717) is 11.7 Å².